The predicted molar refractivity (Wildman–Crippen MR) is 53.1 cm³/mol. The van der Waals surface area contributed by atoms with Crippen molar-refractivity contribution in [1.29, 1.82) is 0 Å². The number of ether oxygens (including phenoxy) is 1. The van der Waals surface area contributed by atoms with Crippen LogP contribution in [0.5, 0.6) is 5.75 Å². The molecule has 0 fully saturated rings. The van der Waals surface area contributed by atoms with Crippen molar-refractivity contribution in [3.05, 3.63) is 27.7 Å². The van der Waals surface area contributed by atoms with Crippen LogP contribution in [0, 0.1) is 0 Å². The first-order valence-electron chi connectivity index (χ1n) is 3.96. The van der Waals surface area contributed by atoms with Gasteiger partial charge in [-0.2, -0.15) is 0 Å². The van der Waals surface area contributed by atoms with Gasteiger partial charge in [0.1, 0.15) is 5.75 Å². The van der Waals surface area contributed by atoms with Crippen LogP contribution in [0.4, 0.5) is 13.2 Å². The molecule has 0 aliphatic carbocycles. The van der Waals surface area contributed by atoms with Crippen LogP contribution in [0.15, 0.2) is 12.1 Å². The molecule has 1 aromatic rings. The Kier molecular flexibility index (Phi) is 3.70. The summed E-state index contributed by atoms with van der Waals surface area (Å²) < 4.78 is 39.4. The number of alkyl halides is 3. The number of carbonyl (C=O) groups excluding carboxylic acids is 1. The van der Waals surface area contributed by atoms with Crippen LogP contribution in [-0.4, -0.2) is 12.1 Å². The second-order valence-corrected chi connectivity index (χ2v) is 3.68. The van der Waals surface area contributed by atoms with Crippen molar-refractivity contribution in [3.63, 3.8) is 0 Å². The number of hydrogen-bond donors (Lipinski definition) is 0. The summed E-state index contributed by atoms with van der Waals surface area (Å²) in [5.41, 5.74) is 0.0428. The lowest BCUT2D eigenvalue weighted by Crippen LogP contribution is -2.17. The maximum absolute atomic E-state index is 11.9. The standard InChI is InChI=1S/C9H5Cl2F3O2/c1-4(15)5-2-7(11)8(3-6(5)10)16-9(12,13)14/h2-3H,1H3. The van der Waals surface area contributed by atoms with Gasteiger partial charge >= 0.3 is 6.36 Å². The summed E-state index contributed by atoms with van der Waals surface area (Å²) in [4.78, 5) is 11.0. The van der Waals surface area contributed by atoms with E-state index in [-0.39, 0.29) is 15.6 Å². The molecule has 1 rings (SSSR count). The largest absolute Gasteiger partial charge is 0.573 e. The molecular formula is C9H5Cl2F3O2. The van der Waals surface area contributed by atoms with Gasteiger partial charge in [-0.15, -0.1) is 13.2 Å². The zero-order valence-electron chi connectivity index (χ0n) is 7.86. The van der Waals surface area contributed by atoms with Crippen molar-refractivity contribution < 1.29 is 22.7 Å². The average molecular weight is 273 g/mol. The van der Waals surface area contributed by atoms with E-state index in [0.29, 0.717) is 0 Å². The molecule has 0 aliphatic rings. The first-order valence-corrected chi connectivity index (χ1v) is 4.72. The second-order valence-electron chi connectivity index (χ2n) is 2.87. The Labute approximate surface area is 98.9 Å². The molecule has 1 aromatic carbocycles. The summed E-state index contributed by atoms with van der Waals surface area (Å²) in [5, 5.41) is -0.469. The fourth-order valence-corrected chi connectivity index (χ4v) is 1.49. The molecule has 0 heterocycles. The number of benzene rings is 1. The predicted octanol–water partition coefficient (Wildman–Crippen LogP) is 4.09. The third-order valence-corrected chi connectivity index (χ3v) is 2.23. The van der Waals surface area contributed by atoms with Crippen molar-refractivity contribution in [2.45, 2.75) is 13.3 Å². The molecule has 0 N–H and O–H groups in total. The van der Waals surface area contributed by atoms with Crippen LogP contribution in [0.1, 0.15) is 17.3 Å². The smallest absolute Gasteiger partial charge is 0.404 e. The number of hydrogen-bond acceptors (Lipinski definition) is 2. The summed E-state index contributed by atoms with van der Waals surface area (Å²) in [6.07, 6.45) is -4.86. The van der Waals surface area contributed by atoms with E-state index in [1.807, 2.05) is 0 Å². The van der Waals surface area contributed by atoms with E-state index in [2.05, 4.69) is 4.74 Å². The lowest BCUT2D eigenvalue weighted by molar-refractivity contribution is -0.274. The van der Waals surface area contributed by atoms with Gasteiger partial charge in [0.05, 0.1) is 10.0 Å². The zero-order valence-corrected chi connectivity index (χ0v) is 9.37. The normalized spacial score (nSPS) is 11.4. The van der Waals surface area contributed by atoms with Crippen LogP contribution in [0.2, 0.25) is 10.0 Å². The van der Waals surface area contributed by atoms with E-state index in [1.54, 1.807) is 0 Å². The Hall–Kier alpha value is -0.940. The Morgan fingerprint density at radius 1 is 1.25 bits per heavy atom. The van der Waals surface area contributed by atoms with Crippen molar-refractivity contribution in [3.8, 4) is 5.75 Å². The fraction of sp³-hybridized carbons (Fsp3) is 0.222. The van der Waals surface area contributed by atoms with Gasteiger partial charge in [-0.3, -0.25) is 4.79 Å². The highest BCUT2D eigenvalue weighted by atomic mass is 35.5. The Morgan fingerprint density at radius 2 is 1.81 bits per heavy atom. The second kappa shape index (κ2) is 4.51. The topological polar surface area (TPSA) is 26.3 Å². The maximum atomic E-state index is 11.9. The average Bonchev–Trinajstić information content (AvgIpc) is 2.07. The molecule has 0 unspecified atom stereocenters. The summed E-state index contributed by atoms with van der Waals surface area (Å²) in [6, 6.07) is 1.89. The SMILES string of the molecule is CC(=O)c1cc(Cl)c(OC(F)(F)F)cc1Cl. The molecule has 0 atom stereocenters. The van der Waals surface area contributed by atoms with E-state index in [4.69, 9.17) is 23.2 Å². The lowest BCUT2D eigenvalue weighted by atomic mass is 10.1. The van der Waals surface area contributed by atoms with Gasteiger partial charge in [0.2, 0.25) is 0 Å². The molecule has 2 nitrogen and oxygen atoms in total. The van der Waals surface area contributed by atoms with Gasteiger partial charge in [0.15, 0.2) is 5.78 Å². The number of carbonyl (C=O) groups is 1. The van der Waals surface area contributed by atoms with E-state index >= 15 is 0 Å². The lowest BCUT2D eigenvalue weighted by Gasteiger charge is -2.11. The zero-order chi connectivity index (χ0) is 12.5. The third-order valence-electron chi connectivity index (χ3n) is 1.63. The maximum Gasteiger partial charge on any atom is 0.573 e. The molecule has 7 heteroatoms. The van der Waals surface area contributed by atoms with Gasteiger partial charge in [-0.1, -0.05) is 23.2 Å². The molecule has 0 bridgehead atoms. The summed E-state index contributed by atoms with van der Waals surface area (Å²) in [7, 11) is 0. The number of ketones is 1. The van der Waals surface area contributed by atoms with Gasteiger partial charge in [0.25, 0.3) is 0 Å². The first-order chi connectivity index (χ1) is 7.20. The Balaban J connectivity index is 3.16. The van der Waals surface area contributed by atoms with Gasteiger partial charge in [-0.25, -0.2) is 0 Å². The highest BCUT2D eigenvalue weighted by Gasteiger charge is 2.32. The van der Waals surface area contributed by atoms with E-state index in [9.17, 15) is 18.0 Å². The van der Waals surface area contributed by atoms with E-state index < -0.39 is 17.9 Å². The quantitative estimate of drug-likeness (QED) is 0.758. The number of Topliss-reactive ketones (excluding diaryl/α,β-unsaturated/α-hetero) is 1. The molecule has 16 heavy (non-hydrogen) atoms. The van der Waals surface area contributed by atoms with Crippen molar-refractivity contribution in [2.75, 3.05) is 0 Å². The molecular weight excluding hydrogens is 268 g/mol. The molecule has 0 aromatic heterocycles. The van der Waals surface area contributed by atoms with Gasteiger partial charge in [0, 0.05) is 11.6 Å². The van der Waals surface area contributed by atoms with Crippen LogP contribution in [-0.2, 0) is 0 Å². The van der Waals surface area contributed by atoms with Crippen LogP contribution >= 0.6 is 23.2 Å². The molecule has 0 amide bonds. The molecule has 0 aliphatic heterocycles. The van der Waals surface area contributed by atoms with Crippen LogP contribution < -0.4 is 4.74 Å². The van der Waals surface area contributed by atoms with Crippen molar-refractivity contribution in [1.82, 2.24) is 0 Å². The Morgan fingerprint density at radius 3 is 2.25 bits per heavy atom. The van der Waals surface area contributed by atoms with Crippen LogP contribution in [0.25, 0.3) is 0 Å². The summed E-state index contributed by atoms with van der Waals surface area (Å²) in [6.45, 7) is 1.22. The summed E-state index contributed by atoms with van der Waals surface area (Å²) >= 11 is 11.1. The van der Waals surface area contributed by atoms with E-state index in [0.717, 1.165) is 12.1 Å². The van der Waals surface area contributed by atoms with E-state index in [1.165, 1.54) is 6.92 Å². The molecule has 0 spiro atoms. The first kappa shape index (κ1) is 13.1. The van der Waals surface area contributed by atoms with Gasteiger partial charge in [-0.05, 0) is 13.0 Å². The minimum Gasteiger partial charge on any atom is -0.404 e. The van der Waals surface area contributed by atoms with Crippen molar-refractivity contribution >= 4 is 29.0 Å². The molecule has 0 saturated carbocycles. The molecule has 0 saturated heterocycles. The highest BCUT2D eigenvalue weighted by Crippen LogP contribution is 2.34. The minimum absolute atomic E-state index is 0.0428. The molecule has 88 valence electrons. The summed E-state index contributed by atoms with van der Waals surface area (Å²) in [5.74, 6) is -1.03. The van der Waals surface area contributed by atoms with Gasteiger partial charge < -0.3 is 4.74 Å². The number of halogens is 5. The minimum atomic E-state index is -4.86. The Bertz CT molecular complexity index is 429. The van der Waals surface area contributed by atoms with Crippen molar-refractivity contribution in [2.24, 2.45) is 0 Å². The fourth-order valence-electron chi connectivity index (χ4n) is 1.00. The van der Waals surface area contributed by atoms with Crippen LogP contribution in [0.3, 0.4) is 0 Å². The third kappa shape index (κ3) is 3.28. The highest BCUT2D eigenvalue weighted by molar-refractivity contribution is 6.36. The molecule has 0 radical (unpaired) electrons. The monoisotopic (exact) mass is 272 g/mol. The number of rotatable bonds is 2.